The zero-order chi connectivity index (χ0) is 14.0. The number of benzene rings is 1. The van der Waals surface area contributed by atoms with E-state index in [1.807, 2.05) is 11.0 Å². The third-order valence-corrected chi connectivity index (χ3v) is 4.62. The summed E-state index contributed by atoms with van der Waals surface area (Å²) in [5, 5.41) is 0. The third kappa shape index (κ3) is 3.38. The van der Waals surface area contributed by atoms with E-state index in [-0.39, 0.29) is 17.4 Å². The Morgan fingerprint density at radius 2 is 2.00 bits per heavy atom. The van der Waals surface area contributed by atoms with E-state index < -0.39 is 0 Å². The first kappa shape index (κ1) is 14.6. The molecule has 1 heterocycles. The van der Waals surface area contributed by atoms with Crippen molar-refractivity contribution in [3.63, 3.8) is 0 Å². The average molecular weight is 324 g/mol. The Labute approximate surface area is 124 Å². The van der Waals surface area contributed by atoms with Crippen LogP contribution in [0.25, 0.3) is 0 Å². The van der Waals surface area contributed by atoms with Gasteiger partial charge >= 0.3 is 0 Å². The molecular weight excluding hydrogens is 302 g/mol. The molecule has 0 aromatic heterocycles. The molecule has 0 spiro atoms. The predicted molar refractivity (Wildman–Crippen MR) is 82.6 cm³/mol. The van der Waals surface area contributed by atoms with Crippen LogP contribution in [0.15, 0.2) is 30.3 Å². The van der Waals surface area contributed by atoms with Crippen LogP contribution in [0.1, 0.15) is 39.2 Å². The molecule has 1 aliphatic rings. The molecule has 3 heteroatoms. The minimum atomic E-state index is 0.0886. The van der Waals surface area contributed by atoms with Gasteiger partial charge < -0.3 is 4.90 Å². The molecule has 1 saturated heterocycles. The van der Waals surface area contributed by atoms with Crippen molar-refractivity contribution in [2.45, 2.75) is 49.9 Å². The van der Waals surface area contributed by atoms with Crippen molar-refractivity contribution in [1.29, 1.82) is 0 Å². The van der Waals surface area contributed by atoms with Crippen LogP contribution in [0.2, 0.25) is 0 Å². The Balaban J connectivity index is 2.06. The standard InChI is InChI=1S/C16H22BrNO/c1-12(18-11-14(17)9-15(18)19)10-16(2,3)13-7-5-4-6-8-13/h4-8,12,14H,9-11H2,1-3H3. The van der Waals surface area contributed by atoms with Crippen molar-refractivity contribution in [3.05, 3.63) is 35.9 Å². The van der Waals surface area contributed by atoms with Crippen LogP contribution >= 0.6 is 15.9 Å². The monoisotopic (exact) mass is 323 g/mol. The highest BCUT2D eigenvalue weighted by molar-refractivity contribution is 9.09. The van der Waals surface area contributed by atoms with Gasteiger partial charge in [-0.05, 0) is 24.3 Å². The Kier molecular flexibility index (Phi) is 4.34. The van der Waals surface area contributed by atoms with Crippen molar-refractivity contribution in [2.24, 2.45) is 0 Å². The second-order valence-corrected chi connectivity index (χ2v) is 7.45. The molecule has 2 atom stereocenters. The molecular formula is C16H22BrNO. The smallest absolute Gasteiger partial charge is 0.224 e. The van der Waals surface area contributed by atoms with Gasteiger partial charge in [0.1, 0.15) is 0 Å². The Morgan fingerprint density at radius 3 is 2.53 bits per heavy atom. The number of likely N-dealkylation sites (tertiary alicyclic amines) is 1. The van der Waals surface area contributed by atoms with E-state index in [4.69, 9.17) is 0 Å². The van der Waals surface area contributed by atoms with E-state index in [0.29, 0.717) is 11.2 Å². The van der Waals surface area contributed by atoms with Crippen LogP contribution in [-0.2, 0) is 10.2 Å². The number of carbonyl (C=O) groups is 1. The largest absolute Gasteiger partial charge is 0.339 e. The highest BCUT2D eigenvalue weighted by Gasteiger charge is 2.34. The van der Waals surface area contributed by atoms with Crippen molar-refractivity contribution in [3.8, 4) is 0 Å². The molecule has 2 nitrogen and oxygen atoms in total. The van der Waals surface area contributed by atoms with Gasteiger partial charge in [0.15, 0.2) is 0 Å². The van der Waals surface area contributed by atoms with Crippen LogP contribution in [0.4, 0.5) is 0 Å². The van der Waals surface area contributed by atoms with Gasteiger partial charge in [-0.3, -0.25) is 4.79 Å². The average Bonchev–Trinajstić information content (AvgIpc) is 2.69. The first-order valence-corrected chi connectivity index (χ1v) is 7.81. The fraction of sp³-hybridized carbons (Fsp3) is 0.562. The van der Waals surface area contributed by atoms with Crippen molar-refractivity contribution >= 4 is 21.8 Å². The van der Waals surface area contributed by atoms with E-state index in [0.717, 1.165) is 13.0 Å². The molecule has 2 unspecified atom stereocenters. The lowest BCUT2D eigenvalue weighted by atomic mass is 9.79. The SMILES string of the molecule is CC(CC(C)(C)c1ccccc1)N1CC(Br)CC1=O. The van der Waals surface area contributed by atoms with E-state index >= 15 is 0 Å². The van der Waals surface area contributed by atoms with Gasteiger partial charge in [-0.15, -0.1) is 0 Å². The summed E-state index contributed by atoms with van der Waals surface area (Å²) in [6.07, 6.45) is 1.62. The molecule has 1 aliphatic heterocycles. The predicted octanol–water partition coefficient (Wildman–Crippen LogP) is 3.74. The van der Waals surface area contributed by atoms with Crippen LogP contribution in [0.3, 0.4) is 0 Å². The van der Waals surface area contributed by atoms with E-state index in [2.05, 4.69) is 61.0 Å². The number of hydrogen-bond acceptors (Lipinski definition) is 1. The molecule has 0 saturated carbocycles. The number of carbonyl (C=O) groups excluding carboxylic acids is 1. The summed E-state index contributed by atoms with van der Waals surface area (Å²) < 4.78 is 0. The highest BCUT2D eigenvalue weighted by Crippen LogP contribution is 2.31. The normalized spacial score (nSPS) is 21.8. The van der Waals surface area contributed by atoms with Crippen LogP contribution in [0.5, 0.6) is 0 Å². The highest BCUT2D eigenvalue weighted by atomic mass is 79.9. The van der Waals surface area contributed by atoms with E-state index in [1.54, 1.807) is 0 Å². The maximum absolute atomic E-state index is 11.9. The fourth-order valence-electron chi connectivity index (χ4n) is 2.97. The molecule has 0 N–H and O–H groups in total. The minimum Gasteiger partial charge on any atom is -0.339 e. The first-order valence-electron chi connectivity index (χ1n) is 6.89. The van der Waals surface area contributed by atoms with E-state index in [1.165, 1.54) is 5.56 Å². The van der Waals surface area contributed by atoms with Gasteiger partial charge in [0.2, 0.25) is 5.91 Å². The summed E-state index contributed by atoms with van der Waals surface area (Å²) in [7, 11) is 0. The maximum atomic E-state index is 11.9. The Bertz CT molecular complexity index is 443. The molecule has 1 aromatic carbocycles. The minimum absolute atomic E-state index is 0.0886. The van der Waals surface area contributed by atoms with Gasteiger partial charge in [-0.25, -0.2) is 0 Å². The molecule has 1 amide bonds. The number of amides is 1. The van der Waals surface area contributed by atoms with Crippen molar-refractivity contribution in [1.82, 2.24) is 4.90 Å². The molecule has 1 aromatic rings. The summed E-state index contributed by atoms with van der Waals surface area (Å²) in [5.41, 5.74) is 1.43. The summed E-state index contributed by atoms with van der Waals surface area (Å²) >= 11 is 3.55. The molecule has 0 aliphatic carbocycles. The fourth-order valence-corrected chi connectivity index (χ4v) is 3.56. The zero-order valence-electron chi connectivity index (χ0n) is 11.9. The van der Waals surface area contributed by atoms with Crippen LogP contribution < -0.4 is 0 Å². The Hall–Kier alpha value is -0.830. The second kappa shape index (κ2) is 5.66. The second-order valence-electron chi connectivity index (χ2n) is 6.15. The van der Waals surface area contributed by atoms with Gasteiger partial charge in [-0.2, -0.15) is 0 Å². The number of nitrogens with zero attached hydrogens (tertiary/aromatic N) is 1. The lowest BCUT2D eigenvalue weighted by Crippen LogP contribution is -2.38. The van der Waals surface area contributed by atoms with Crippen molar-refractivity contribution in [2.75, 3.05) is 6.54 Å². The van der Waals surface area contributed by atoms with Gasteiger partial charge in [0.25, 0.3) is 0 Å². The molecule has 104 valence electrons. The number of alkyl halides is 1. The molecule has 0 bridgehead atoms. The molecule has 2 rings (SSSR count). The number of hydrogen-bond donors (Lipinski definition) is 0. The topological polar surface area (TPSA) is 20.3 Å². The summed E-state index contributed by atoms with van der Waals surface area (Å²) in [4.78, 5) is 14.3. The first-order chi connectivity index (χ1) is 8.90. The van der Waals surface area contributed by atoms with E-state index in [9.17, 15) is 4.79 Å². The van der Waals surface area contributed by atoms with Gasteiger partial charge in [0.05, 0.1) is 0 Å². The third-order valence-electron chi connectivity index (χ3n) is 4.00. The molecule has 0 radical (unpaired) electrons. The van der Waals surface area contributed by atoms with Crippen molar-refractivity contribution < 1.29 is 4.79 Å². The molecule has 1 fully saturated rings. The Morgan fingerprint density at radius 1 is 1.37 bits per heavy atom. The number of rotatable bonds is 4. The van der Waals surface area contributed by atoms with Crippen LogP contribution in [0, 0.1) is 0 Å². The lowest BCUT2D eigenvalue weighted by molar-refractivity contribution is -0.129. The van der Waals surface area contributed by atoms with Gasteiger partial charge in [-0.1, -0.05) is 60.1 Å². The quantitative estimate of drug-likeness (QED) is 0.773. The summed E-state index contributed by atoms with van der Waals surface area (Å²) in [6.45, 7) is 7.51. The summed E-state index contributed by atoms with van der Waals surface area (Å²) in [6, 6.07) is 10.8. The summed E-state index contributed by atoms with van der Waals surface area (Å²) in [5.74, 6) is 0.276. The number of halogens is 1. The lowest BCUT2D eigenvalue weighted by Gasteiger charge is -2.33. The maximum Gasteiger partial charge on any atom is 0.224 e. The molecule has 19 heavy (non-hydrogen) atoms. The zero-order valence-corrected chi connectivity index (χ0v) is 13.5. The van der Waals surface area contributed by atoms with Gasteiger partial charge in [0, 0.05) is 23.8 Å². The van der Waals surface area contributed by atoms with Crippen LogP contribution in [-0.4, -0.2) is 28.2 Å².